The van der Waals surface area contributed by atoms with E-state index in [1.54, 1.807) is 10.9 Å². The Morgan fingerprint density at radius 3 is 2.72 bits per heavy atom. The Bertz CT molecular complexity index is 538. The molecule has 0 unspecified atom stereocenters. The summed E-state index contributed by atoms with van der Waals surface area (Å²) in [6, 6.07) is 9.73. The molecule has 18 heavy (non-hydrogen) atoms. The molecule has 0 fully saturated rings. The average Bonchev–Trinajstić information content (AvgIpc) is 2.82. The van der Waals surface area contributed by atoms with E-state index in [9.17, 15) is 4.79 Å². The lowest BCUT2D eigenvalue weighted by molar-refractivity contribution is 0.269. The van der Waals surface area contributed by atoms with Gasteiger partial charge in [-0.3, -0.25) is 10.1 Å². The van der Waals surface area contributed by atoms with E-state index in [-0.39, 0.29) is 5.24 Å². The number of carbonyl (C=O) groups excluding carboxylic acids is 1. The van der Waals surface area contributed by atoms with Crippen molar-refractivity contribution in [1.82, 2.24) is 14.8 Å². The van der Waals surface area contributed by atoms with Crippen LogP contribution in [-0.4, -0.2) is 26.3 Å². The van der Waals surface area contributed by atoms with Crippen molar-refractivity contribution < 1.29 is 4.79 Å². The monoisotopic (exact) mass is 262 g/mol. The SMILES string of the molecule is CCc1nc(NC(=O)SC)nn1-c1ccccc1. The Labute approximate surface area is 110 Å². The highest BCUT2D eigenvalue weighted by Crippen LogP contribution is 2.13. The van der Waals surface area contributed by atoms with Crippen molar-refractivity contribution in [2.75, 3.05) is 11.6 Å². The van der Waals surface area contributed by atoms with E-state index in [4.69, 9.17) is 0 Å². The van der Waals surface area contributed by atoms with Crippen molar-refractivity contribution >= 4 is 22.9 Å². The number of amides is 1. The third-order valence-electron chi connectivity index (χ3n) is 2.39. The predicted octanol–water partition coefficient (Wildman–Crippen LogP) is 2.72. The van der Waals surface area contributed by atoms with Gasteiger partial charge in [0.1, 0.15) is 5.82 Å². The summed E-state index contributed by atoms with van der Waals surface area (Å²) >= 11 is 1.10. The fraction of sp³-hybridized carbons (Fsp3) is 0.250. The van der Waals surface area contributed by atoms with Gasteiger partial charge >= 0.3 is 0 Å². The van der Waals surface area contributed by atoms with Crippen LogP contribution in [0.1, 0.15) is 12.7 Å². The molecule has 6 heteroatoms. The van der Waals surface area contributed by atoms with Crippen LogP contribution in [0.2, 0.25) is 0 Å². The molecule has 0 bridgehead atoms. The van der Waals surface area contributed by atoms with Crippen LogP contribution in [0.4, 0.5) is 10.7 Å². The minimum absolute atomic E-state index is 0.164. The molecule has 2 rings (SSSR count). The van der Waals surface area contributed by atoms with Gasteiger partial charge in [-0.05, 0) is 18.4 Å². The summed E-state index contributed by atoms with van der Waals surface area (Å²) < 4.78 is 1.75. The fourth-order valence-corrected chi connectivity index (χ4v) is 1.74. The van der Waals surface area contributed by atoms with Gasteiger partial charge in [0.25, 0.3) is 5.24 Å². The van der Waals surface area contributed by atoms with Crippen LogP contribution in [0.15, 0.2) is 30.3 Å². The topological polar surface area (TPSA) is 59.8 Å². The van der Waals surface area contributed by atoms with Gasteiger partial charge in [-0.2, -0.15) is 4.98 Å². The van der Waals surface area contributed by atoms with Crippen molar-refractivity contribution in [2.24, 2.45) is 0 Å². The van der Waals surface area contributed by atoms with Gasteiger partial charge in [-0.25, -0.2) is 4.68 Å². The number of thioether (sulfide) groups is 1. The Morgan fingerprint density at radius 1 is 1.39 bits per heavy atom. The first-order chi connectivity index (χ1) is 8.74. The van der Waals surface area contributed by atoms with Crippen LogP contribution in [0, 0.1) is 0 Å². The molecule has 0 saturated carbocycles. The molecule has 1 aromatic carbocycles. The molecule has 1 N–H and O–H groups in total. The van der Waals surface area contributed by atoms with Gasteiger partial charge in [0.15, 0.2) is 0 Å². The number of aryl methyl sites for hydroxylation is 1. The lowest BCUT2D eigenvalue weighted by Crippen LogP contribution is -2.06. The van der Waals surface area contributed by atoms with Crippen molar-refractivity contribution in [3.8, 4) is 5.69 Å². The van der Waals surface area contributed by atoms with E-state index in [0.29, 0.717) is 5.95 Å². The third kappa shape index (κ3) is 2.70. The van der Waals surface area contributed by atoms with Crippen molar-refractivity contribution in [1.29, 1.82) is 0 Å². The second kappa shape index (κ2) is 5.68. The highest BCUT2D eigenvalue weighted by atomic mass is 32.2. The third-order valence-corrected chi connectivity index (χ3v) is 2.86. The Hall–Kier alpha value is -1.82. The van der Waals surface area contributed by atoms with Crippen molar-refractivity contribution in [3.05, 3.63) is 36.2 Å². The highest BCUT2D eigenvalue weighted by molar-refractivity contribution is 8.13. The molecule has 0 aliphatic heterocycles. The molecule has 1 aromatic heterocycles. The normalized spacial score (nSPS) is 10.3. The fourth-order valence-electron chi connectivity index (χ4n) is 1.54. The molecule has 1 heterocycles. The molecule has 94 valence electrons. The van der Waals surface area contributed by atoms with Crippen LogP contribution < -0.4 is 5.32 Å². The van der Waals surface area contributed by atoms with Crippen LogP contribution in [-0.2, 0) is 6.42 Å². The molecule has 1 amide bonds. The lowest BCUT2D eigenvalue weighted by Gasteiger charge is -2.02. The zero-order valence-electron chi connectivity index (χ0n) is 10.3. The largest absolute Gasteiger partial charge is 0.285 e. The molecular weight excluding hydrogens is 248 g/mol. The van der Waals surface area contributed by atoms with E-state index < -0.39 is 0 Å². The summed E-state index contributed by atoms with van der Waals surface area (Å²) in [6.07, 6.45) is 2.46. The van der Waals surface area contributed by atoms with Gasteiger partial charge < -0.3 is 0 Å². The minimum atomic E-state index is -0.164. The quantitative estimate of drug-likeness (QED) is 0.924. The van der Waals surface area contributed by atoms with E-state index in [2.05, 4.69) is 15.4 Å². The smallest absolute Gasteiger partial charge is 0.284 e. The maximum Gasteiger partial charge on any atom is 0.285 e. The molecule has 2 aromatic rings. The zero-order chi connectivity index (χ0) is 13.0. The van der Waals surface area contributed by atoms with Gasteiger partial charge in [0, 0.05) is 6.42 Å². The van der Waals surface area contributed by atoms with E-state index in [1.165, 1.54) is 0 Å². The van der Waals surface area contributed by atoms with Crippen LogP contribution in [0.5, 0.6) is 0 Å². The number of para-hydroxylation sites is 1. The predicted molar refractivity (Wildman–Crippen MR) is 73.3 cm³/mol. The van der Waals surface area contributed by atoms with Crippen LogP contribution in [0.25, 0.3) is 5.69 Å². The number of rotatable bonds is 3. The maximum absolute atomic E-state index is 11.3. The number of nitrogens with zero attached hydrogens (tertiary/aromatic N) is 3. The Balaban J connectivity index is 2.33. The Kier molecular flexibility index (Phi) is 3.99. The minimum Gasteiger partial charge on any atom is -0.284 e. The van der Waals surface area contributed by atoms with E-state index in [0.717, 1.165) is 29.7 Å². The highest BCUT2D eigenvalue weighted by Gasteiger charge is 2.11. The van der Waals surface area contributed by atoms with Gasteiger partial charge in [0.2, 0.25) is 5.95 Å². The molecule has 0 atom stereocenters. The number of nitrogens with one attached hydrogen (secondary N) is 1. The first-order valence-electron chi connectivity index (χ1n) is 5.61. The molecule has 0 spiro atoms. The number of aromatic nitrogens is 3. The van der Waals surface area contributed by atoms with Gasteiger partial charge in [0.05, 0.1) is 5.69 Å². The Morgan fingerprint density at radius 2 is 2.11 bits per heavy atom. The van der Waals surface area contributed by atoms with Crippen molar-refractivity contribution in [3.63, 3.8) is 0 Å². The summed E-state index contributed by atoms with van der Waals surface area (Å²) in [7, 11) is 0. The summed E-state index contributed by atoms with van der Waals surface area (Å²) in [5.41, 5.74) is 0.937. The summed E-state index contributed by atoms with van der Waals surface area (Å²) in [5.74, 6) is 1.16. The molecule has 0 saturated heterocycles. The summed E-state index contributed by atoms with van der Waals surface area (Å²) in [4.78, 5) is 15.6. The maximum atomic E-state index is 11.3. The summed E-state index contributed by atoms with van der Waals surface area (Å²) in [5, 5.41) is 6.77. The first-order valence-corrected chi connectivity index (χ1v) is 6.83. The molecule has 0 aliphatic carbocycles. The van der Waals surface area contributed by atoms with Crippen molar-refractivity contribution in [2.45, 2.75) is 13.3 Å². The van der Waals surface area contributed by atoms with Crippen LogP contribution >= 0.6 is 11.8 Å². The second-order valence-electron chi connectivity index (χ2n) is 3.57. The number of hydrogen-bond acceptors (Lipinski definition) is 4. The number of anilines is 1. The first kappa shape index (κ1) is 12.6. The second-order valence-corrected chi connectivity index (χ2v) is 4.35. The zero-order valence-corrected chi connectivity index (χ0v) is 11.1. The molecule has 0 radical (unpaired) electrons. The molecular formula is C12H14N4OS. The summed E-state index contributed by atoms with van der Waals surface area (Å²) in [6.45, 7) is 2.00. The van der Waals surface area contributed by atoms with Gasteiger partial charge in [-0.15, -0.1) is 5.10 Å². The number of hydrogen-bond donors (Lipinski definition) is 1. The average molecular weight is 262 g/mol. The lowest BCUT2D eigenvalue weighted by atomic mass is 10.3. The number of benzene rings is 1. The van der Waals surface area contributed by atoms with Crippen LogP contribution in [0.3, 0.4) is 0 Å². The van der Waals surface area contributed by atoms with E-state index in [1.807, 2.05) is 37.3 Å². The molecule has 5 nitrogen and oxygen atoms in total. The van der Waals surface area contributed by atoms with E-state index >= 15 is 0 Å². The molecule has 0 aliphatic rings. The standard InChI is InChI=1S/C12H14N4OS/c1-3-10-13-11(14-12(17)18-2)15-16(10)9-7-5-4-6-8-9/h4-8H,3H2,1-2H3,(H,14,15,17). The van der Waals surface area contributed by atoms with Gasteiger partial charge in [-0.1, -0.05) is 36.9 Å². The number of carbonyl (C=O) groups is 1.